The van der Waals surface area contributed by atoms with Crippen molar-refractivity contribution in [3.63, 3.8) is 0 Å². The molecule has 70 valence electrons. The molecule has 0 spiro atoms. The van der Waals surface area contributed by atoms with E-state index >= 15 is 0 Å². The summed E-state index contributed by atoms with van der Waals surface area (Å²) in [6.45, 7) is 2.32. The number of hydrogen-bond donors (Lipinski definition) is 1. The molecule has 0 heterocycles. The fourth-order valence-electron chi connectivity index (χ4n) is 1.14. The molecule has 1 N–H and O–H groups in total. The zero-order chi connectivity index (χ0) is 9.52. The summed E-state index contributed by atoms with van der Waals surface area (Å²) < 4.78 is 0. The highest BCUT2D eigenvalue weighted by Crippen LogP contribution is 2.07. The van der Waals surface area contributed by atoms with Gasteiger partial charge in [0.15, 0.2) is 0 Å². The standard InChI is InChI=1S/C12H16O/c1-2-11(10-13)8-9-12-6-4-3-5-7-12/h3-9,11,13H,2,10H2,1H3/t11-/m0/s1. The lowest BCUT2D eigenvalue weighted by Crippen LogP contribution is -1.99. The van der Waals surface area contributed by atoms with E-state index in [-0.39, 0.29) is 6.61 Å². The minimum atomic E-state index is 0.236. The van der Waals surface area contributed by atoms with Crippen LogP contribution in [0.2, 0.25) is 0 Å². The van der Waals surface area contributed by atoms with Gasteiger partial charge in [-0.05, 0) is 17.9 Å². The average Bonchev–Trinajstić information content (AvgIpc) is 2.21. The van der Waals surface area contributed by atoms with Gasteiger partial charge in [-0.1, -0.05) is 49.4 Å². The predicted molar refractivity (Wildman–Crippen MR) is 56.3 cm³/mol. The summed E-state index contributed by atoms with van der Waals surface area (Å²) in [5.41, 5.74) is 1.19. The zero-order valence-corrected chi connectivity index (χ0v) is 7.98. The van der Waals surface area contributed by atoms with Crippen molar-refractivity contribution in [2.24, 2.45) is 5.92 Å². The van der Waals surface area contributed by atoms with Crippen LogP contribution in [-0.4, -0.2) is 11.7 Å². The second-order valence-electron chi connectivity index (χ2n) is 3.12. The van der Waals surface area contributed by atoms with E-state index in [2.05, 4.69) is 31.2 Å². The highest BCUT2D eigenvalue weighted by Gasteiger charge is 1.97. The van der Waals surface area contributed by atoms with Gasteiger partial charge in [0.1, 0.15) is 0 Å². The van der Waals surface area contributed by atoms with Crippen molar-refractivity contribution in [3.05, 3.63) is 42.0 Å². The van der Waals surface area contributed by atoms with E-state index in [1.807, 2.05) is 18.2 Å². The number of hydrogen-bond acceptors (Lipinski definition) is 1. The van der Waals surface area contributed by atoms with Gasteiger partial charge in [-0.25, -0.2) is 0 Å². The molecule has 0 aliphatic rings. The first kappa shape index (κ1) is 10.0. The largest absolute Gasteiger partial charge is 0.396 e. The van der Waals surface area contributed by atoms with Crippen LogP contribution in [0.25, 0.3) is 6.08 Å². The Bertz CT molecular complexity index is 247. The van der Waals surface area contributed by atoms with Crippen LogP contribution in [0.3, 0.4) is 0 Å². The van der Waals surface area contributed by atoms with E-state index in [0.29, 0.717) is 5.92 Å². The summed E-state index contributed by atoms with van der Waals surface area (Å²) in [4.78, 5) is 0. The summed E-state index contributed by atoms with van der Waals surface area (Å²) >= 11 is 0. The van der Waals surface area contributed by atoms with Gasteiger partial charge >= 0.3 is 0 Å². The van der Waals surface area contributed by atoms with Crippen molar-refractivity contribution in [1.82, 2.24) is 0 Å². The fourth-order valence-corrected chi connectivity index (χ4v) is 1.14. The Kier molecular flexibility index (Phi) is 4.27. The molecule has 1 nitrogen and oxygen atoms in total. The van der Waals surface area contributed by atoms with Crippen LogP contribution >= 0.6 is 0 Å². The van der Waals surface area contributed by atoms with Crippen LogP contribution in [0.15, 0.2) is 36.4 Å². The molecule has 0 radical (unpaired) electrons. The molecule has 0 aromatic heterocycles. The lowest BCUT2D eigenvalue weighted by molar-refractivity contribution is 0.250. The molecule has 0 fully saturated rings. The van der Waals surface area contributed by atoms with Gasteiger partial charge in [-0.15, -0.1) is 0 Å². The summed E-state index contributed by atoms with van der Waals surface area (Å²) in [5.74, 6) is 0.292. The summed E-state index contributed by atoms with van der Waals surface area (Å²) in [7, 11) is 0. The molecule has 1 heteroatoms. The Morgan fingerprint density at radius 1 is 1.31 bits per heavy atom. The van der Waals surface area contributed by atoms with Gasteiger partial charge in [0.2, 0.25) is 0 Å². The Morgan fingerprint density at radius 3 is 2.54 bits per heavy atom. The first-order chi connectivity index (χ1) is 6.36. The Morgan fingerprint density at radius 2 is 2.00 bits per heavy atom. The maximum absolute atomic E-state index is 8.95. The van der Waals surface area contributed by atoms with Crippen LogP contribution < -0.4 is 0 Å². The minimum absolute atomic E-state index is 0.236. The molecule has 1 aromatic carbocycles. The van der Waals surface area contributed by atoms with Crippen molar-refractivity contribution < 1.29 is 5.11 Å². The second kappa shape index (κ2) is 5.55. The molecule has 0 amide bonds. The molecular weight excluding hydrogens is 160 g/mol. The SMILES string of the molecule is CC[C@@H](C=Cc1ccccc1)CO. The monoisotopic (exact) mass is 176 g/mol. The van der Waals surface area contributed by atoms with E-state index < -0.39 is 0 Å². The van der Waals surface area contributed by atoms with Crippen molar-refractivity contribution in [3.8, 4) is 0 Å². The molecule has 1 rings (SSSR count). The van der Waals surface area contributed by atoms with Crippen LogP contribution in [0.5, 0.6) is 0 Å². The molecule has 0 bridgehead atoms. The number of rotatable bonds is 4. The molecular formula is C12H16O. The van der Waals surface area contributed by atoms with Crippen molar-refractivity contribution in [1.29, 1.82) is 0 Å². The van der Waals surface area contributed by atoms with E-state index in [9.17, 15) is 0 Å². The van der Waals surface area contributed by atoms with Crippen LogP contribution in [0, 0.1) is 5.92 Å². The number of benzene rings is 1. The third-order valence-corrected chi connectivity index (χ3v) is 2.12. The third kappa shape index (κ3) is 3.43. The molecule has 0 saturated heterocycles. The maximum Gasteiger partial charge on any atom is 0.0493 e. The van der Waals surface area contributed by atoms with Crippen LogP contribution in [-0.2, 0) is 0 Å². The van der Waals surface area contributed by atoms with Crippen LogP contribution in [0.4, 0.5) is 0 Å². The first-order valence-electron chi connectivity index (χ1n) is 4.71. The first-order valence-corrected chi connectivity index (χ1v) is 4.71. The predicted octanol–water partition coefficient (Wildman–Crippen LogP) is 2.72. The van der Waals surface area contributed by atoms with Crippen molar-refractivity contribution >= 4 is 6.08 Å². The quantitative estimate of drug-likeness (QED) is 0.747. The lowest BCUT2D eigenvalue weighted by Gasteiger charge is -2.03. The second-order valence-corrected chi connectivity index (χ2v) is 3.12. The summed E-state index contributed by atoms with van der Waals surface area (Å²) in [5, 5.41) is 8.95. The number of aliphatic hydroxyl groups excluding tert-OH is 1. The Balaban J connectivity index is 2.57. The molecule has 1 aromatic rings. The van der Waals surface area contributed by atoms with Gasteiger partial charge in [-0.3, -0.25) is 0 Å². The average molecular weight is 176 g/mol. The van der Waals surface area contributed by atoms with Crippen molar-refractivity contribution in [2.75, 3.05) is 6.61 Å². The maximum atomic E-state index is 8.95. The smallest absolute Gasteiger partial charge is 0.0493 e. The van der Waals surface area contributed by atoms with Gasteiger partial charge in [-0.2, -0.15) is 0 Å². The molecule has 0 unspecified atom stereocenters. The zero-order valence-electron chi connectivity index (χ0n) is 7.98. The Hall–Kier alpha value is -1.08. The lowest BCUT2D eigenvalue weighted by atomic mass is 10.1. The van der Waals surface area contributed by atoms with E-state index in [1.54, 1.807) is 0 Å². The van der Waals surface area contributed by atoms with Gasteiger partial charge in [0.25, 0.3) is 0 Å². The van der Waals surface area contributed by atoms with E-state index in [1.165, 1.54) is 5.56 Å². The van der Waals surface area contributed by atoms with E-state index in [4.69, 9.17) is 5.11 Å². The minimum Gasteiger partial charge on any atom is -0.396 e. The van der Waals surface area contributed by atoms with E-state index in [0.717, 1.165) is 6.42 Å². The number of aliphatic hydroxyl groups is 1. The molecule has 0 saturated carbocycles. The third-order valence-electron chi connectivity index (χ3n) is 2.12. The van der Waals surface area contributed by atoms with Crippen LogP contribution in [0.1, 0.15) is 18.9 Å². The molecule has 1 atom stereocenters. The van der Waals surface area contributed by atoms with Gasteiger partial charge in [0.05, 0.1) is 0 Å². The highest BCUT2D eigenvalue weighted by atomic mass is 16.3. The summed E-state index contributed by atoms with van der Waals surface area (Å²) in [6, 6.07) is 10.1. The summed E-state index contributed by atoms with van der Waals surface area (Å²) in [6.07, 6.45) is 5.11. The van der Waals surface area contributed by atoms with Crippen molar-refractivity contribution in [2.45, 2.75) is 13.3 Å². The fraction of sp³-hybridized carbons (Fsp3) is 0.333. The Labute approximate surface area is 79.7 Å². The van der Waals surface area contributed by atoms with Gasteiger partial charge in [0, 0.05) is 6.61 Å². The van der Waals surface area contributed by atoms with Gasteiger partial charge < -0.3 is 5.11 Å². The topological polar surface area (TPSA) is 20.2 Å². The normalized spacial score (nSPS) is 13.4. The molecule has 0 aliphatic heterocycles. The highest BCUT2D eigenvalue weighted by molar-refractivity contribution is 5.48. The molecule has 0 aliphatic carbocycles. The molecule has 13 heavy (non-hydrogen) atoms.